The molecule has 3 N–H and O–H groups in total. The zero-order valence-electron chi connectivity index (χ0n) is 10.5. The maximum absolute atomic E-state index is 13.5. The first-order valence-corrected chi connectivity index (χ1v) is 6.61. The molecule has 0 spiro atoms. The molecule has 2 aliphatic rings. The maximum atomic E-state index is 13.5. The van der Waals surface area contributed by atoms with Gasteiger partial charge in [0.15, 0.2) is 0 Å². The lowest BCUT2D eigenvalue weighted by Crippen LogP contribution is -2.36. The first-order valence-electron chi connectivity index (χ1n) is 6.61. The molecule has 1 fully saturated rings. The van der Waals surface area contributed by atoms with E-state index in [-0.39, 0.29) is 5.92 Å². The fraction of sp³-hybridized carbons (Fsp3) is 0.467. The minimum absolute atomic E-state index is 0.202. The number of nitrogens with one attached hydrogen (secondary N) is 1. The average molecular weight is 246 g/mol. The Balaban J connectivity index is 1.96. The number of alkyl halides is 1. The number of piperidine rings is 1. The fourth-order valence-corrected chi connectivity index (χ4v) is 3.18. The summed E-state index contributed by atoms with van der Waals surface area (Å²) in [5.41, 5.74) is 11.9. The summed E-state index contributed by atoms with van der Waals surface area (Å²) in [5.74, 6) is 0.202. The van der Waals surface area contributed by atoms with Crippen LogP contribution in [0, 0.1) is 0 Å². The van der Waals surface area contributed by atoms with Crippen LogP contribution >= 0.6 is 0 Å². The molecule has 3 heteroatoms. The van der Waals surface area contributed by atoms with Gasteiger partial charge in [-0.05, 0) is 41.5 Å². The third-order valence-corrected chi connectivity index (χ3v) is 4.19. The molecule has 3 rings (SSSR count). The second-order valence-corrected chi connectivity index (χ2v) is 5.39. The number of allylic oxidation sites excluding steroid dienone is 1. The summed E-state index contributed by atoms with van der Waals surface area (Å²) in [6, 6.07) is 4.17. The smallest absolute Gasteiger partial charge is 0.113 e. The molecule has 1 aliphatic heterocycles. The van der Waals surface area contributed by atoms with Gasteiger partial charge in [-0.3, -0.25) is 0 Å². The molecule has 1 heterocycles. The van der Waals surface area contributed by atoms with Crippen molar-refractivity contribution < 1.29 is 4.39 Å². The molecule has 0 bridgehead atoms. The molecule has 0 radical (unpaired) electrons. The lowest BCUT2D eigenvalue weighted by Gasteiger charge is -2.27. The number of rotatable bonds is 1. The first kappa shape index (κ1) is 11.7. The Morgan fingerprint density at radius 2 is 2.11 bits per heavy atom. The van der Waals surface area contributed by atoms with Gasteiger partial charge in [-0.25, -0.2) is 4.39 Å². The normalized spacial score (nSPS) is 27.3. The SMILES string of the molecule is C=C1CCc2c1ccc(C1CNCC(F)C1)c2N. The van der Waals surface area contributed by atoms with Crippen LogP contribution in [-0.2, 0) is 6.42 Å². The Hall–Kier alpha value is -1.35. The van der Waals surface area contributed by atoms with E-state index < -0.39 is 6.17 Å². The minimum atomic E-state index is -0.758. The number of halogens is 1. The number of anilines is 1. The molecule has 96 valence electrons. The van der Waals surface area contributed by atoms with Crippen molar-refractivity contribution in [2.75, 3.05) is 18.8 Å². The van der Waals surface area contributed by atoms with Gasteiger partial charge in [0.25, 0.3) is 0 Å². The molecule has 0 saturated carbocycles. The van der Waals surface area contributed by atoms with E-state index in [4.69, 9.17) is 5.73 Å². The van der Waals surface area contributed by atoms with Gasteiger partial charge in [-0.2, -0.15) is 0 Å². The largest absolute Gasteiger partial charge is 0.398 e. The topological polar surface area (TPSA) is 38.0 Å². The molecule has 1 aromatic carbocycles. The number of hydrogen-bond acceptors (Lipinski definition) is 2. The highest BCUT2D eigenvalue weighted by atomic mass is 19.1. The Labute approximate surface area is 107 Å². The number of nitrogens with two attached hydrogens (primary N) is 1. The summed E-state index contributed by atoms with van der Waals surface area (Å²) < 4.78 is 13.5. The van der Waals surface area contributed by atoms with Crippen LogP contribution in [0.15, 0.2) is 18.7 Å². The van der Waals surface area contributed by atoms with Crippen LogP contribution in [0.1, 0.15) is 35.4 Å². The lowest BCUT2D eigenvalue weighted by molar-refractivity contribution is 0.247. The van der Waals surface area contributed by atoms with E-state index in [0.717, 1.165) is 30.6 Å². The molecule has 0 aromatic heterocycles. The van der Waals surface area contributed by atoms with Gasteiger partial charge >= 0.3 is 0 Å². The van der Waals surface area contributed by atoms with Crippen molar-refractivity contribution in [3.8, 4) is 0 Å². The number of nitrogen functional groups attached to an aromatic ring is 1. The van der Waals surface area contributed by atoms with Crippen molar-refractivity contribution in [2.45, 2.75) is 31.4 Å². The fourth-order valence-electron chi connectivity index (χ4n) is 3.18. The van der Waals surface area contributed by atoms with Gasteiger partial charge in [0.05, 0.1) is 0 Å². The summed E-state index contributed by atoms with van der Waals surface area (Å²) >= 11 is 0. The van der Waals surface area contributed by atoms with Gasteiger partial charge in [-0.1, -0.05) is 18.7 Å². The van der Waals surface area contributed by atoms with E-state index in [2.05, 4.69) is 24.0 Å². The summed E-state index contributed by atoms with van der Waals surface area (Å²) in [6.07, 6.45) is 1.80. The zero-order valence-corrected chi connectivity index (χ0v) is 10.5. The van der Waals surface area contributed by atoms with E-state index in [1.165, 1.54) is 16.7 Å². The molecule has 1 aliphatic carbocycles. The van der Waals surface area contributed by atoms with E-state index in [0.29, 0.717) is 13.0 Å². The van der Waals surface area contributed by atoms with Crippen LogP contribution in [0.2, 0.25) is 0 Å². The summed E-state index contributed by atoms with van der Waals surface area (Å²) in [5, 5.41) is 3.14. The monoisotopic (exact) mass is 246 g/mol. The van der Waals surface area contributed by atoms with Gasteiger partial charge < -0.3 is 11.1 Å². The van der Waals surface area contributed by atoms with Crippen LogP contribution < -0.4 is 11.1 Å². The average Bonchev–Trinajstić information content (AvgIpc) is 2.73. The molecule has 18 heavy (non-hydrogen) atoms. The van der Waals surface area contributed by atoms with E-state index >= 15 is 0 Å². The first-order chi connectivity index (χ1) is 8.66. The highest BCUT2D eigenvalue weighted by molar-refractivity contribution is 5.77. The van der Waals surface area contributed by atoms with Crippen molar-refractivity contribution in [3.63, 3.8) is 0 Å². The summed E-state index contributed by atoms with van der Waals surface area (Å²) in [4.78, 5) is 0. The predicted molar refractivity (Wildman–Crippen MR) is 73.3 cm³/mol. The van der Waals surface area contributed by atoms with Crippen molar-refractivity contribution in [1.29, 1.82) is 0 Å². The Bertz CT molecular complexity index is 496. The highest BCUT2D eigenvalue weighted by Crippen LogP contribution is 2.39. The van der Waals surface area contributed by atoms with Gasteiger partial charge in [-0.15, -0.1) is 0 Å². The maximum Gasteiger partial charge on any atom is 0.113 e. The van der Waals surface area contributed by atoms with Crippen molar-refractivity contribution in [1.82, 2.24) is 5.32 Å². The van der Waals surface area contributed by atoms with Gasteiger partial charge in [0.1, 0.15) is 6.17 Å². The van der Waals surface area contributed by atoms with Crippen LogP contribution in [0.5, 0.6) is 0 Å². The number of fused-ring (bicyclic) bond motifs is 1. The summed E-state index contributed by atoms with van der Waals surface area (Å²) in [7, 11) is 0. The standard InChI is InChI=1S/C15H19FN2/c1-9-2-3-14-12(9)4-5-13(15(14)17)10-6-11(16)8-18-7-10/h4-5,10-11,18H,1-3,6-8,17H2. The minimum Gasteiger partial charge on any atom is -0.398 e. The summed E-state index contributed by atoms with van der Waals surface area (Å²) in [6.45, 7) is 5.36. The van der Waals surface area contributed by atoms with Gasteiger partial charge in [0, 0.05) is 24.7 Å². The van der Waals surface area contributed by atoms with Crippen molar-refractivity contribution in [3.05, 3.63) is 35.4 Å². The zero-order chi connectivity index (χ0) is 12.7. The Kier molecular flexibility index (Phi) is 2.86. The van der Waals surface area contributed by atoms with Crippen LogP contribution in [0.3, 0.4) is 0 Å². The molecule has 0 amide bonds. The van der Waals surface area contributed by atoms with Crippen molar-refractivity contribution >= 4 is 11.3 Å². The molecule has 2 atom stereocenters. The molecular formula is C15H19FN2. The van der Waals surface area contributed by atoms with Crippen LogP contribution in [-0.4, -0.2) is 19.3 Å². The Morgan fingerprint density at radius 1 is 1.28 bits per heavy atom. The lowest BCUT2D eigenvalue weighted by atomic mass is 9.87. The molecule has 2 unspecified atom stereocenters. The second-order valence-electron chi connectivity index (χ2n) is 5.39. The van der Waals surface area contributed by atoms with Crippen LogP contribution in [0.25, 0.3) is 5.57 Å². The number of benzene rings is 1. The predicted octanol–water partition coefficient (Wildman–Crippen LogP) is 2.64. The molecular weight excluding hydrogens is 227 g/mol. The third kappa shape index (κ3) is 1.83. The third-order valence-electron chi connectivity index (χ3n) is 4.19. The van der Waals surface area contributed by atoms with E-state index in [1.54, 1.807) is 0 Å². The highest BCUT2D eigenvalue weighted by Gasteiger charge is 2.26. The Morgan fingerprint density at radius 3 is 2.89 bits per heavy atom. The molecule has 2 nitrogen and oxygen atoms in total. The number of hydrogen-bond donors (Lipinski definition) is 2. The van der Waals surface area contributed by atoms with E-state index in [1.807, 2.05) is 0 Å². The van der Waals surface area contributed by atoms with E-state index in [9.17, 15) is 4.39 Å². The van der Waals surface area contributed by atoms with Crippen LogP contribution in [0.4, 0.5) is 10.1 Å². The second kappa shape index (κ2) is 4.39. The van der Waals surface area contributed by atoms with Gasteiger partial charge in [0.2, 0.25) is 0 Å². The quantitative estimate of drug-likeness (QED) is 0.748. The van der Waals surface area contributed by atoms with Crippen molar-refractivity contribution in [2.24, 2.45) is 0 Å². The molecule has 1 saturated heterocycles. The molecule has 1 aromatic rings.